The lowest BCUT2D eigenvalue weighted by atomic mass is 9.85. The van der Waals surface area contributed by atoms with Gasteiger partial charge >= 0.3 is 0 Å². The Labute approximate surface area is 206 Å². The molecule has 1 fully saturated rings. The third kappa shape index (κ3) is 5.91. The zero-order valence-electron chi connectivity index (χ0n) is 20.0. The van der Waals surface area contributed by atoms with Crippen molar-refractivity contribution in [3.8, 4) is 16.2 Å². The second kappa shape index (κ2) is 10.4. The smallest absolute Gasteiger partial charge is 0.262 e. The minimum Gasteiger partial charge on any atom is -0.508 e. The molecule has 3 N–H and O–H groups in total. The van der Waals surface area contributed by atoms with E-state index < -0.39 is 10.0 Å². The minimum atomic E-state index is -3.79. The van der Waals surface area contributed by atoms with E-state index in [1.165, 1.54) is 56.4 Å². The first-order chi connectivity index (χ1) is 16.2. The number of hydrogen-bond donors (Lipinski definition) is 3. The number of anilines is 2. The number of thiazole rings is 1. The van der Waals surface area contributed by atoms with Gasteiger partial charge in [0.1, 0.15) is 5.75 Å². The fourth-order valence-corrected chi connectivity index (χ4v) is 7.09. The zero-order chi connectivity index (χ0) is 24.3. The van der Waals surface area contributed by atoms with Crippen molar-refractivity contribution in [3.63, 3.8) is 0 Å². The molecule has 4 rings (SSSR count). The Bertz CT molecular complexity index is 1230. The van der Waals surface area contributed by atoms with Gasteiger partial charge in [0.05, 0.1) is 15.5 Å². The molecule has 34 heavy (non-hydrogen) atoms. The number of benzene rings is 2. The molecule has 1 heterocycles. The van der Waals surface area contributed by atoms with Crippen LogP contribution in [0.5, 0.6) is 5.75 Å². The average Bonchev–Trinajstić information content (AvgIpc) is 3.15. The summed E-state index contributed by atoms with van der Waals surface area (Å²) in [6.45, 7) is 5.97. The summed E-state index contributed by atoms with van der Waals surface area (Å²) >= 11 is 1.57. The van der Waals surface area contributed by atoms with Crippen LogP contribution in [0.3, 0.4) is 0 Å². The molecule has 3 aromatic rings. The monoisotopic (exact) mass is 499 g/mol. The van der Waals surface area contributed by atoms with Crippen LogP contribution in [-0.2, 0) is 10.0 Å². The summed E-state index contributed by atoms with van der Waals surface area (Å²) in [7, 11) is -3.79. The Morgan fingerprint density at radius 3 is 2.50 bits per heavy atom. The summed E-state index contributed by atoms with van der Waals surface area (Å²) in [6, 6.07) is 11.8. The molecular formula is C26H33N3O3S2. The van der Waals surface area contributed by atoms with Crippen LogP contribution in [0, 0.1) is 19.8 Å². The molecule has 0 aliphatic heterocycles. The highest BCUT2D eigenvalue weighted by atomic mass is 32.2. The molecule has 0 saturated heterocycles. The van der Waals surface area contributed by atoms with Crippen LogP contribution in [0.4, 0.5) is 10.8 Å². The molecule has 1 aliphatic rings. The van der Waals surface area contributed by atoms with Crippen molar-refractivity contribution in [1.29, 1.82) is 0 Å². The first kappa shape index (κ1) is 24.5. The minimum absolute atomic E-state index is 0.0827. The van der Waals surface area contributed by atoms with Gasteiger partial charge in [0.15, 0.2) is 5.13 Å². The Hall–Kier alpha value is -2.58. The topological polar surface area (TPSA) is 91.3 Å². The summed E-state index contributed by atoms with van der Waals surface area (Å²) in [6.07, 6.45) is 7.87. The summed E-state index contributed by atoms with van der Waals surface area (Å²) in [5.41, 5.74) is 2.78. The number of phenols is 1. The molecule has 8 heteroatoms. The number of sulfonamides is 1. The van der Waals surface area contributed by atoms with E-state index in [-0.39, 0.29) is 10.6 Å². The van der Waals surface area contributed by atoms with Crippen molar-refractivity contribution in [1.82, 2.24) is 4.98 Å². The summed E-state index contributed by atoms with van der Waals surface area (Å²) in [4.78, 5) is 5.92. The SMILES string of the molecule is Cc1ccc(-c2sc(N[C@H](C)CC3CCCCC3)nc2C)cc1S(=O)(=O)Nc1ccc(O)cc1. The number of nitrogens with zero attached hydrogens (tertiary/aromatic N) is 1. The molecule has 0 spiro atoms. The number of aromatic nitrogens is 1. The molecule has 0 unspecified atom stereocenters. The number of phenolic OH excluding ortho intramolecular Hbond substituents is 1. The van der Waals surface area contributed by atoms with Crippen LogP contribution in [0.15, 0.2) is 47.4 Å². The molecule has 182 valence electrons. The molecule has 1 saturated carbocycles. The maximum Gasteiger partial charge on any atom is 0.262 e. The Balaban J connectivity index is 1.53. The number of nitrogens with one attached hydrogen (secondary N) is 2. The lowest BCUT2D eigenvalue weighted by molar-refractivity contribution is 0.328. The van der Waals surface area contributed by atoms with Gasteiger partial charge in [-0.3, -0.25) is 4.72 Å². The van der Waals surface area contributed by atoms with Gasteiger partial charge in [-0.15, -0.1) is 0 Å². The second-order valence-corrected chi connectivity index (χ2v) is 12.0. The van der Waals surface area contributed by atoms with E-state index in [2.05, 4.69) is 17.0 Å². The molecule has 2 aromatic carbocycles. The third-order valence-electron chi connectivity index (χ3n) is 6.44. The van der Waals surface area contributed by atoms with E-state index in [4.69, 9.17) is 4.98 Å². The van der Waals surface area contributed by atoms with Gasteiger partial charge in [0.25, 0.3) is 10.0 Å². The lowest BCUT2D eigenvalue weighted by Gasteiger charge is -2.24. The van der Waals surface area contributed by atoms with Gasteiger partial charge in [-0.25, -0.2) is 13.4 Å². The molecule has 6 nitrogen and oxygen atoms in total. The summed E-state index contributed by atoms with van der Waals surface area (Å²) in [5, 5.41) is 13.9. The highest BCUT2D eigenvalue weighted by Gasteiger charge is 2.21. The molecule has 1 aliphatic carbocycles. The maximum absolute atomic E-state index is 13.1. The maximum atomic E-state index is 13.1. The van der Waals surface area contributed by atoms with Crippen molar-refractivity contribution in [3.05, 3.63) is 53.7 Å². The Morgan fingerprint density at radius 2 is 1.79 bits per heavy atom. The standard InChI is InChI=1S/C26H33N3O3S2/c1-17-9-10-21(16-24(17)34(31,32)29-22-11-13-23(30)14-12-22)25-19(3)28-26(33-25)27-18(2)15-20-7-5-4-6-8-20/h9-14,16,18,20,29-30H,4-8,15H2,1-3H3,(H,27,28)/t18-/m1/s1. The van der Waals surface area contributed by atoms with Gasteiger partial charge in [-0.05, 0) is 74.6 Å². The molecule has 1 aromatic heterocycles. The van der Waals surface area contributed by atoms with Gasteiger partial charge < -0.3 is 10.4 Å². The largest absolute Gasteiger partial charge is 0.508 e. The number of rotatable bonds is 8. The van der Waals surface area contributed by atoms with Crippen LogP contribution in [0.25, 0.3) is 10.4 Å². The van der Waals surface area contributed by atoms with E-state index in [1.54, 1.807) is 24.3 Å². The van der Waals surface area contributed by atoms with Crippen molar-refractivity contribution < 1.29 is 13.5 Å². The third-order valence-corrected chi connectivity index (χ3v) is 9.10. The van der Waals surface area contributed by atoms with Crippen LogP contribution in [-0.4, -0.2) is 24.6 Å². The van der Waals surface area contributed by atoms with Crippen molar-refractivity contribution in [2.75, 3.05) is 10.0 Å². The van der Waals surface area contributed by atoms with Gasteiger partial charge in [0, 0.05) is 11.7 Å². The molecule has 0 radical (unpaired) electrons. The average molecular weight is 500 g/mol. The molecule has 0 amide bonds. The quantitative estimate of drug-likeness (QED) is 0.300. The van der Waals surface area contributed by atoms with Gasteiger partial charge in [0.2, 0.25) is 0 Å². The van der Waals surface area contributed by atoms with Crippen LogP contribution < -0.4 is 10.0 Å². The summed E-state index contributed by atoms with van der Waals surface area (Å²) in [5.74, 6) is 0.877. The normalized spacial score (nSPS) is 15.7. The predicted molar refractivity (Wildman–Crippen MR) is 140 cm³/mol. The van der Waals surface area contributed by atoms with Gasteiger partial charge in [-0.2, -0.15) is 0 Å². The number of hydrogen-bond acceptors (Lipinski definition) is 6. The Kier molecular flexibility index (Phi) is 7.48. The molecule has 0 bridgehead atoms. The Morgan fingerprint density at radius 1 is 1.09 bits per heavy atom. The molecular weight excluding hydrogens is 466 g/mol. The molecule has 1 atom stereocenters. The van der Waals surface area contributed by atoms with E-state index in [0.29, 0.717) is 17.3 Å². The summed E-state index contributed by atoms with van der Waals surface area (Å²) < 4.78 is 28.8. The zero-order valence-corrected chi connectivity index (χ0v) is 21.6. The lowest BCUT2D eigenvalue weighted by Crippen LogP contribution is -2.20. The van der Waals surface area contributed by atoms with Crippen LogP contribution in [0.1, 0.15) is 56.7 Å². The van der Waals surface area contributed by atoms with Crippen LogP contribution >= 0.6 is 11.3 Å². The van der Waals surface area contributed by atoms with Crippen LogP contribution in [0.2, 0.25) is 0 Å². The van der Waals surface area contributed by atoms with E-state index in [1.807, 2.05) is 19.1 Å². The van der Waals surface area contributed by atoms with Gasteiger partial charge in [-0.1, -0.05) is 55.6 Å². The van der Waals surface area contributed by atoms with Crippen molar-refractivity contribution in [2.45, 2.75) is 70.2 Å². The fraction of sp³-hybridized carbons (Fsp3) is 0.423. The number of aromatic hydroxyl groups is 1. The van der Waals surface area contributed by atoms with Crippen molar-refractivity contribution in [2.24, 2.45) is 5.92 Å². The van der Waals surface area contributed by atoms with E-state index in [9.17, 15) is 13.5 Å². The van der Waals surface area contributed by atoms with Crippen molar-refractivity contribution >= 4 is 32.2 Å². The number of aryl methyl sites for hydroxylation is 2. The highest BCUT2D eigenvalue weighted by Crippen LogP contribution is 2.36. The predicted octanol–water partition coefficient (Wildman–Crippen LogP) is 6.70. The second-order valence-electron chi connectivity index (χ2n) is 9.35. The highest BCUT2D eigenvalue weighted by molar-refractivity contribution is 7.92. The first-order valence-corrected chi connectivity index (χ1v) is 14.2. The first-order valence-electron chi connectivity index (χ1n) is 11.9. The fourth-order valence-electron chi connectivity index (χ4n) is 4.69. The van der Waals surface area contributed by atoms with E-state index in [0.717, 1.165) is 33.6 Å². The van der Waals surface area contributed by atoms with E-state index >= 15 is 0 Å².